The van der Waals surface area contributed by atoms with Gasteiger partial charge in [-0.3, -0.25) is 4.79 Å². The largest absolute Gasteiger partial charge is 0.475 e. The number of nitrogens with zero attached hydrogens (tertiary/aromatic N) is 3. The number of anilines is 2. The standard InChI is InChI=1S/C17H20N4O2/c1-11(2)23-15-9-13(4-5-18-15)17(22)21-7-6-19-16-14(21)8-12(3)10-20-16/h4-5,8-11H,6-7H2,1-3H3,(H,19,20). The maximum atomic E-state index is 12.9. The van der Waals surface area contributed by atoms with Gasteiger partial charge in [-0.25, -0.2) is 9.97 Å². The van der Waals surface area contributed by atoms with E-state index in [1.54, 1.807) is 29.4 Å². The van der Waals surface area contributed by atoms with E-state index in [4.69, 9.17) is 4.74 Å². The van der Waals surface area contributed by atoms with E-state index < -0.39 is 0 Å². The highest BCUT2D eigenvalue weighted by molar-refractivity contribution is 6.08. The zero-order valence-corrected chi connectivity index (χ0v) is 13.5. The van der Waals surface area contributed by atoms with Crippen molar-refractivity contribution in [1.29, 1.82) is 0 Å². The highest BCUT2D eigenvalue weighted by Crippen LogP contribution is 2.29. The number of hydrogen-bond acceptors (Lipinski definition) is 5. The molecule has 0 atom stereocenters. The molecule has 3 heterocycles. The number of carbonyl (C=O) groups is 1. The number of carbonyl (C=O) groups excluding carboxylic acids is 1. The molecule has 23 heavy (non-hydrogen) atoms. The van der Waals surface area contributed by atoms with Gasteiger partial charge in [0.05, 0.1) is 11.8 Å². The van der Waals surface area contributed by atoms with Crippen LogP contribution in [0.15, 0.2) is 30.6 Å². The van der Waals surface area contributed by atoms with Gasteiger partial charge in [0.1, 0.15) is 5.82 Å². The summed E-state index contributed by atoms with van der Waals surface area (Å²) in [5.74, 6) is 1.13. The highest BCUT2D eigenvalue weighted by Gasteiger charge is 2.25. The van der Waals surface area contributed by atoms with E-state index in [1.807, 2.05) is 26.8 Å². The zero-order chi connectivity index (χ0) is 16.4. The van der Waals surface area contributed by atoms with Crippen molar-refractivity contribution in [3.8, 4) is 5.88 Å². The number of amides is 1. The molecule has 1 aliphatic rings. The first-order valence-electron chi connectivity index (χ1n) is 7.69. The van der Waals surface area contributed by atoms with Gasteiger partial charge in [0, 0.05) is 37.1 Å². The monoisotopic (exact) mass is 312 g/mol. The first-order chi connectivity index (χ1) is 11.0. The van der Waals surface area contributed by atoms with Crippen molar-refractivity contribution in [2.24, 2.45) is 0 Å². The lowest BCUT2D eigenvalue weighted by Gasteiger charge is -2.29. The van der Waals surface area contributed by atoms with Gasteiger partial charge in [0.15, 0.2) is 0 Å². The Morgan fingerprint density at radius 2 is 2.17 bits per heavy atom. The Balaban J connectivity index is 1.91. The Hall–Kier alpha value is -2.63. The maximum absolute atomic E-state index is 12.9. The molecule has 0 unspecified atom stereocenters. The molecule has 120 valence electrons. The van der Waals surface area contributed by atoms with Crippen molar-refractivity contribution < 1.29 is 9.53 Å². The van der Waals surface area contributed by atoms with Crippen LogP contribution in [0.1, 0.15) is 29.8 Å². The first kappa shape index (κ1) is 15.3. The third-order valence-corrected chi connectivity index (χ3v) is 3.51. The maximum Gasteiger partial charge on any atom is 0.258 e. The minimum atomic E-state index is -0.0730. The molecular formula is C17H20N4O2. The Labute approximate surface area is 135 Å². The number of rotatable bonds is 3. The fourth-order valence-electron chi connectivity index (χ4n) is 2.52. The van der Waals surface area contributed by atoms with Crippen LogP contribution in [0.2, 0.25) is 0 Å². The summed E-state index contributed by atoms with van der Waals surface area (Å²) in [5, 5.41) is 3.22. The molecule has 0 radical (unpaired) electrons. The number of nitrogens with one attached hydrogen (secondary N) is 1. The normalized spacial score (nSPS) is 13.5. The molecule has 6 heteroatoms. The lowest BCUT2D eigenvalue weighted by molar-refractivity contribution is 0.0986. The minimum absolute atomic E-state index is 0.0135. The predicted molar refractivity (Wildman–Crippen MR) is 89.1 cm³/mol. The van der Waals surface area contributed by atoms with E-state index in [2.05, 4.69) is 15.3 Å². The molecular weight excluding hydrogens is 292 g/mol. The van der Waals surface area contributed by atoms with Crippen LogP contribution >= 0.6 is 0 Å². The number of pyridine rings is 2. The van der Waals surface area contributed by atoms with E-state index in [9.17, 15) is 4.79 Å². The topological polar surface area (TPSA) is 67.4 Å². The second-order valence-electron chi connectivity index (χ2n) is 5.81. The van der Waals surface area contributed by atoms with Crippen LogP contribution in [0.25, 0.3) is 0 Å². The molecule has 0 fully saturated rings. The van der Waals surface area contributed by atoms with Crippen LogP contribution in [0.4, 0.5) is 11.5 Å². The summed E-state index contributed by atoms with van der Waals surface area (Å²) < 4.78 is 5.57. The molecule has 2 aromatic heterocycles. The number of hydrogen-bond donors (Lipinski definition) is 1. The van der Waals surface area contributed by atoms with Crippen LogP contribution < -0.4 is 15.0 Å². The summed E-state index contributed by atoms with van der Waals surface area (Å²) >= 11 is 0. The molecule has 1 aliphatic heterocycles. The number of aryl methyl sites for hydroxylation is 1. The van der Waals surface area contributed by atoms with E-state index in [0.29, 0.717) is 24.5 Å². The average Bonchev–Trinajstić information content (AvgIpc) is 2.53. The van der Waals surface area contributed by atoms with Crippen molar-refractivity contribution in [2.45, 2.75) is 26.9 Å². The van der Waals surface area contributed by atoms with Crippen LogP contribution in [-0.2, 0) is 0 Å². The van der Waals surface area contributed by atoms with E-state index in [0.717, 1.165) is 17.1 Å². The molecule has 0 saturated carbocycles. The van der Waals surface area contributed by atoms with Gasteiger partial charge in [-0.15, -0.1) is 0 Å². The van der Waals surface area contributed by atoms with Gasteiger partial charge in [-0.1, -0.05) is 0 Å². The van der Waals surface area contributed by atoms with Crippen LogP contribution in [0.5, 0.6) is 5.88 Å². The Morgan fingerprint density at radius 3 is 2.96 bits per heavy atom. The fraction of sp³-hybridized carbons (Fsp3) is 0.353. The fourth-order valence-corrected chi connectivity index (χ4v) is 2.52. The molecule has 0 spiro atoms. The molecule has 1 N–H and O–H groups in total. The van der Waals surface area contributed by atoms with Gasteiger partial charge in [-0.2, -0.15) is 0 Å². The second kappa shape index (κ2) is 6.24. The molecule has 0 aliphatic carbocycles. The van der Waals surface area contributed by atoms with Gasteiger partial charge < -0.3 is 15.0 Å². The molecule has 6 nitrogen and oxygen atoms in total. The van der Waals surface area contributed by atoms with Crippen LogP contribution in [-0.4, -0.2) is 35.1 Å². The van der Waals surface area contributed by atoms with Crippen LogP contribution in [0, 0.1) is 6.92 Å². The van der Waals surface area contributed by atoms with E-state index in [-0.39, 0.29) is 12.0 Å². The summed E-state index contributed by atoms with van der Waals surface area (Å²) in [6, 6.07) is 5.37. The summed E-state index contributed by atoms with van der Waals surface area (Å²) in [4.78, 5) is 23.2. The second-order valence-corrected chi connectivity index (χ2v) is 5.81. The Morgan fingerprint density at radius 1 is 1.35 bits per heavy atom. The number of aromatic nitrogens is 2. The molecule has 1 amide bonds. The minimum Gasteiger partial charge on any atom is -0.475 e. The van der Waals surface area contributed by atoms with Crippen molar-refractivity contribution in [3.63, 3.8) is 0 Å². The predicted octanol–water partition coefficient (Wildman–Crippen LogP) is 2.64. The van der Waals surface area contributed by atoms with Crippen molar-refractivity contribution in [1.82, 2.24) is 9.97 Å². The average molecular weight is 312 g/mol. The van der Waals surface area contributed by atoms with Gasteiger partial charge >= 0.3 is 0 Å². The third-order valence-electron chi connectivity index (χ3n) is 3.51. The Bertz CT molecular complexity index is 730. The molecule has 2 aromatic rings. The summed E-state index contributed by atoms with van der Waals surface area (Å²) in [6.45, 7) is 7.09. The molecule has 0 aromatic carbocycles. The number of ether oxygens (including phenoxy) is 1. The van der Waals surface area contributed by atoms with Crippen molar-refractivity contribution in [3.05, 3.63) is 41.7 Å². The third kappa shape index (κ3) is 3.26. The molecule has 0 saturated heterocycles. The summed E-state index contributed by atoms with van der Waals surface area (Å²) in [6.07, 6.45) is 3.41. The highest BCUT2D eigenvalue weighted by atomic mass is 16.5. The van der Waals surface area contributed by atoms with Gasteiger partial charge in [0.25, 0.3) is 5.91 Å². The molecule has 0 bridgehead atoms. The first-order valence-corrected chi connectivity index (χ1v) is 7.69. The lowest BCUT2D eigenvalue weighted by Crippen LogP contribution is -2.39. The van der Waals surface area contributed by atoms with Crippen LogP contribution in [0.3, 0.4) is 0 Å². The van der Waals surface area contributed by atoms with Crippen molar-refractivity contribution >= 4 is 17.4 Å². The summed E-state index contributed by atoms with van der Waals surface area (Å²) in [7, 11) is 0. The zero-order valence-electron chi connectivity index (χ0n) is 13.5. The van der Waals surface area contributed by atoms with E-state index in [1.165, 1.54) is 0 Å². The SMILES string of the molecule is Cc1cnc2c(c1)N(C(=O)c1ccnc(OC(C)C)c1)CCN2. The lowest BCUT2D eigenvalue weighted by atomic mass is 10.1. The Kier molecular flexibility index (Phi) is 4.14. The smallest absolute Gasteiger partial charge is 0.258 e. The van der Waals surface area contributed by atoms with Gasteiger partial charge in [-0.05, 0) is 38.5 Å². The number of fused-ring (bicyclic) bond motifs is 1. The summed E-state index contributed by atoms with van der Waals surface area (Å²) in [5.41, 5.74) is 2.39. The molecule has 3 rings (SSSR count). The van der Waals surface area contributed by atoms with E-state index >= 15 is 0 Å². The van der Waals surface area contributed by atoms with Crippen molar-refractivity contribution in [2.75, 3.05) is 23.3 Å². The quantitative estimate of drug-likeness (QED) is 0.943. The van der Waals surface area contributed by atoms with Gasteiger partial charge in [0.2, 0.25) is 5.88 Å².